The lowest BCUT2D eigenvalue weighted by molar-refractivity contribution is -0.126. The van der Waals surface area contributed by atoms with Crippen molar-refractivity contribution in [3.63, 3.8) is 0 Å². The van der Waals surface area contributed by atoms with Crippen molar-refractivity contribution < 1.29 is 32.5 Å². The number of aryl methyl sites for hydroxylation is 1. The molecule has 2 fully saturated rings. The molecule has 3 aromatic rings. The van der Waals surface area contributed by atoms with Gasteiger partial charge < -0.3 is 24.2 Å². The highest BCUT2D eigenvalue weighted by atomic mass is 35.5. The number of halogens is 1. The number of carbonyl (C=O) groups is 1. The summed E-state index contributed by atoms with van der Waals surface area (Å²) in [4.78, 5) is 22.2. The van der Waals surface area contributed by atoms with Crippen molar-refractivity contribution in [3.05, 3.63) is 76.6 Å². The van der Waals surface area contributed by atoms with E-state index >= 15 is 0 Å². The molecule has 7 rings (SSSR count). The number of anilines is 1. The molecule has 0 amide bonds. The topological polar surface area (TPSA) is 128 Å². The summed E-state index contributed by atoms with van der Waals surface area (Å²) in [7, 11) is -3.66. The molecule has 2 aromatic carbocycles. The normalized spacial score (nSPS) is 27.6. The third-order valence-electron chi connectivity index (χ3n) is 10.7. The Hall–Kier alpha value is -3.25. The van der Waals surface area contributed by atoms with Gasteiger partial charge in [0.05, 0.1) is 41.9 Å². The minimum absolute atomic E-state index is 0.00308. The first kappa shape index (κ1) is 33.3. The summed E-state index contributed by atoms with van der Waals surface area (Å²) in [6, 6.07) is 13.0. The number of benzene rings is 2. The molecule has 2 aliphatic carbocycles. The molecule has 1 unspecified atom stereocenters. The second-order valence-corrected chi connectivity index (χ2v) is 16.3. The van der Waals surface area contributed by atoms with Crippen molar-refractivity contribution in [1.29, 1.82) is 0 Å². The minimum Gasteiger partial charge on any atom is -0.490 e. The largest absolute Gasteiger partial charge is 0.490 e. The molecule has 1 saturated carbocycles. The lowest BCUT2D eigenvalue weighted by atomic mass is 9.67. The van der Waals surface area contributed by atoms with E-state index < -0.39 is 21.9 Å². The molecule has 6 atom stereocenters. The number of aromatic carboxylic acids is 1. The Bertz CT molecular complexity index is 1760. The van der Waals surface area contributed by atoms with Gasteiger partial charge >= 0.3 is 5.97 Å². The molecule has 1 saturated heterocycles. The molecule has 48 heavy (non-hydrogen) atoms. The Kier molecular flexibility index (Phi) is 9.40. The van der Waals surface area contributed by atoms with Crippen LogP contribution in [0.2, 0.25) is 5.02 Å². The van der Waals surface area contributed by atoms with Crippen molar-refractivity contribution in [2.45, 2.75) is 80.8 Å². The molecule has 2 aliphatic heterocycles. The van der Waals surface area contributed by atoms with Crippen LogP contribution in [0.4, 0.5) is 5.69 Å². The molecular formula is C36H42ClN3O7S. The summed E-state index contributed by atoms with van der Waals surface area (Å²) in [5.74, 6) is 0.219. The monoisotopic (exact) mass is 695 g/mol. The van der Waals surface area contributed by atoms with Crippen LogP contribution in [0, 0.1) is 11.8 Å². The molecule has 1 N–H and O–H groups in total. The number of sulfone groups is 1. The molecule has 0 radical (unpaired) electrons. The summed E-state index contributed by atoms with van der Waals surface area (Å²) in [5, 5.41) is 10.4. The van der Waals surface area contributed by atoms with Crippen LogP contribution in [0.5, 0.6) is 5.75 Å². The van der Waals surface area contributed by atoms with Crippen LogP contribution in [-0.2, 0) is 31.1 Å². The number of hydrogen-bond acceptors (Lipinski definition) is 9. The van der Waals surface area contributed by atoms with Gasteiger partial charge in [-0.15, -0.1) is 0 Å². The predicted octanol–water partition coefficient (Wildman–Crippen LogP) is 5.75. The number of carboxylic acid groups (broad SMARTS) is 1. The fourth-order valence-electron chi connectivity index (χ4n) is 8.26. The predicted molar refractivity (Wildman–Crippen MR) is 181 cm³/mol. The standard InChI is InChI=1S/C36H42ClN3O7S/c1-23(20-48(43,44)35-38-13-3-14-39-35)47-28-11-15-45-33(18-28)29-8-5-26(29)19-40-21-36(12-2-4-24-16-27(37)7-9-30(24)36)22-46-32-10-6-25(34(41)42)17-31(32)40/h3,6-7,9-10,13-14,16-17,23,26,28-29,33H,2,4-5,8,11-12,15,18-22H2,1H3,(H,41,42)/t23-,26+,28+,29-,33+,36?/m1/s1. The number of rotatable bonds is 9. The van der Waals surface area contributed by atoms with E-state index in [1.165, 1.54) is 23.5 Å². The van der Waals surface area contributed by atoms with Gasteiger partial charge in [-0.1, -0.05) is 17.7 Å². The minimum atomic E-state index is -3.66. The Morgan fingerprint density at radius 2 is 2.00 bits per heavy atom. The third kappa shape index (κ3) is 6.79. The molecule has 1 spiro atoms. The van der Waals surface area contributed by atoms with Crippen molar-refractivity contribution >= 4 is 33.1 Å². The van der Waals surface area contributed by atoms with Crippen molar-refractivity contribution in [3.8, 4) is 5.75 Å². The second kappa shape index (κ2) is 13.6. The maximum Gasteiger partial charge on any atom is 0.335 e. The van der Waals surface area contributed by atoms with E-state index in [0.717, 1.165) is 55.9 Å². The van der Waals surface area contributed by atoms with Crippen molar-refractivity contribution in [1.82, 2.24) is 9.97 Å². The molecule has 1 aromatic heterocycles. The van der Waals surface area contributed by atoms with Crippen LogP contribution in [0.3, 0.4) is 0 Å². The Balaban J connectivity index is 1.08. The van der Waals surface area contributed by atoms with Crippen LogP contribution >= 0.6 is 11.6 Å². The number of nitrogens with zero attached hydrogens (tertiary/aromatic N) is 3. The first-order valence-corrected chi connectivity index (χ1v) is 18.9. The maximum atomic E-state index is 12.8. The van der Waals surface area contributed by atoms with Crippen molar-refractivity contribution in [2.24, 2.45) is 11.8 Å². The zero-order valence-corrected chi connectivity index (χ0v) is 28.7. The van der Waals surface area contributed by atoms with Gasteiger partial charge in [-0.25, -0.2) is 23.2 Å². The number of ether oxygens (including phenoxy) is 3. The van der Waals surface area contributed by atoms with Crippen LogP contribution < -0.4 is 9.64 Å². The number of hydrogen-bond donors (Lipinski definition) is 1. The number of fused-ring (bicyclic) bond motifs is 3. The van der Waals surface area contributed by atoms with E-state index in [0.29, 0.717) is 43.6 Å². The Labute approximate surface area is 286 Å². The van der Waals surface area contributed by atoms with Crippen LogP contribution in [0.1, 0.15) is 66.9 Å². The molecule has 0 bridgehead atoms. The van der Waals surface area contributed by atoms with Gasteiger partial charge in [0.25, 0.3) is 0 Å². The first-order chi connectivity index (χ1) is 23.1. The molecule has 10 nitrogen and oxygen atoms in total. The summed E-state index contributed by atoms with van der Waals surface area (Å²) < 4.78 is 44.8. The Morgan fingerprint density at radius 3 is 2.77 bits per heavy atom. The zero-order chi connectivity index (χ0) is 33.5. The fraction of sp³-hybridized carbons (Fsp3) is 0.528. The molecule has 256 valence electrons. The maximum absolute atomic E-state index is 12.8. The fourth-order valence-corrected chi connectivity index (χ4v) is 9.74. The van der Waals surface area contributed by atoms with Crippen LogP contribution in [0.15, 0.2) is 60.0 Å². The van der Waals surface area contributed by atoms with Gasteiger partial charge in [-0.05, 0) is 105 Å². The highest BCUT2D eigenvalue weighted by Crippen LogP contribution is 2.47. The third-order valence-corrected chi connectivity index (χ3v) is 12.6. The smallest absolute Gasteiger partial charge is 0.335 e. The second-order valence-electron chi connectivity index (χ2n) is 13.9. The van der Waals surface area contributed by atoms with E-state index in [1.807, 2.05) is 6.07 Å². The first-order valence-electron chi connectivity index (χ1n) is 16.9. The SMILES string of the molecule is C[C@H](CS(=O)(=O)c1ncccn1)O[C@H]1CCO[C@H]([C@@H]2CC[C@H]2CN2CC3(CCCc4cc(Cl)ccc43)COc3ccc(C(=O)O)cc32)C1. The highest BCUT2D eigenvalue weighted by molar-refractivity contribution is 7.91. The number of aromatic nitrogens is 2. The summed E-state index contributed by atoms with van der Waals surface area (Å²) in [6.07, 6.45) is 8.72. The molecule has 4 aliphatic rings. The van der Waals surface area contributed by atoms with E-state index in [1.54, 1.807) is 31.2 Å². The van der Waals surface area contributed by atoms with Gasteiger partial charge in [-0.3, -0.25) is 0 Å². The van der Waals surface area contributed by atoms with Gasteiger partial charge in [0.1, 0.15) is 5.75 Å². The molecule has 12 heteroatoms. The van der Waals surface area contributed by atoms with Crippen LogP contribution in [-0.4, -0.2) is 79.8 Å². The summed E-state index contributed by atoms with van der Waals surface area (Å²) in [6.45, 7) is 4.33. The quantitative estimate of drug-likeness (QED) is 0.276. The van der Waals surface area contributed by atoms with E-state index in [9.17, 15) is 18.3 Å². The lowest BCUT2D eigenvalue weighted by Gasteiger charge is -2.48. The summed E-state index contributed by atoms with van der Waals surface area (Å²) in [5.41, 5.74) is 3.34. The van der Waals surface area contributed by atoms with E-state index in [4.69, 9.17) is 25.8 Å². The van der Waals surface area contributed by atoms with E-state index in [-0.39, 0.29) is 34.1 Å². The average Bonchev–Trinajstić information content (AvgIpc) is 3.20. The van der Waals surface area contributed by atoms with Gasteiger partial charge in [0, 0.05) is 48.9 Å². The van der Waals surface area contributed by atoms with Gasteiger partial charge in [0.15, 0.2) is 0 Å². The molecular weight excluding hydrogens is 654 g/mol. The van der Waals surface area contributed by atoms with Gasteiger partial charge in [-0.2, -0.15) is 0 Å². The molecule has 3 heterocycles. The number of carboxylic acids is 1. The zero-order valence-electron chi connectivity index (χ0n) is 27.1. The Morgan fingerprint density at radius 1 is 1.17 bits per heavy atom. The summed E-state index contributed by atoms with van der Waals surface area (Å²) >= 11 is 6.41. The van der Waals surface area contributed by atoms with Crippen molar-refractivity contribution in [2.75, 3.05) is 37.0 Å². The van der Waals surface area contributed by atoms with E-state index in [2.05, 4.69) is 27.0 Å². The van der Waals surface area contributed by atoms with Crippen LogP contribution in [0.25, 0.3) is 0 Å². The van der Waals surface area contributed by atoms with Gasteiger partial charge in [0.2, 0.25) is 15.0 Å². The highest BCUT2D eigenvalue weighted by Gasteiger charge is 2.45. The average molecular weight is 696 g/mol. The lowest BCUT2D eigenvalue weighted by Crippen LogP contribution is -2.51.